The van der Waals surface area contributed by atoms with Crippen LogP contribution in [0.3, 0.4) is 0 Å². The van der Waals surface area contributed by atoms with E-state index in [0.717, 1.165) is 28.2 Å². The summed E-state index contributed by atoms with van der Waals surface area (Å²) in [5.41, 5.74) is 4.28. The number of carbonyl (C=O) groups excluding carboxylic acids is 1. The number of rotatable bonds is 5. The molecule has 0 radical (unpaired) electrons. The van der Waals surface area contributed by atoms with E-state index in [0.29, 0.717) is 12.1 Å². The van der Waals surface area contributed by atoms with Gasteiger partial charge in [-0.3, -0.25) is 9.89 Å². The molecule has 2 unspecified atom stereocenters. The van der Waals surface area contributed by atoms with Crippen molar-refractivity contribution in [2.24, 2.45) is 10.1 Å². The topological polar surface area (TPSA) is 105 Å². The fourth-order valence-corrected chi connectivity index (χ4v) is 4.72. The van der Waals surface area contributed by atoms with Crippen molar-refractivity contribution < 1.29 is 20.0 Å². The number of fused-ring (bicyclic) bond motifs is 3. The van der Waals surface area contributed by atoms with Crippen LogP contribution in [-0.4, -0.2) is 35.0 Å². The molecule has 0 aromatic heterocycles. The highest BCUT2D eigenvalue weighted by Crippen LogP contribution is 2.46. The first kappa shape index (κ1) is 23.7. The van der Waals surface area contributed by atoms with E-state index in [1.807, 2.05) is 67.3 Å². The first-order valence-electron chi connectivity index (χ1n) is 11.7. The van der Waals surface area contributed by atoms with Crippen LogP contribution in [-0.2, 0) is 9.53 Å². The molecule has 184 valence electrons. The number of hydrogen-bond donors (Lipinski definition) is 2. The third-order valence-corrected chi connectivity index (χ3v) is 6.40. The number of nitrogens with zero attached hydrogens (tertiary/aromatic N) is 4. The summed E-state index contributed by atoms with van der Waals surface area (Å²) in [5, 5.41) is 26.3. The first-order chi connectivity index (χ1) is 17.3. The maximum atomic E-state index is 13.2. The van der Waals surface area contributed by atoms with Crippen LogP contribution in [0, 0.1) is 12.1 Å². The second-order valence-corrected chi connectivity index (χ2v) is 8.95. The van der Waals surface area contributed by atoms with Crippen LogP contribution in [0.4, 0.5) is 22.7 Å². The van der Waals surface area contributed by atoms with Crippen LogP contribution in [0.5, 0.6) is 0 Å². The predicted molar refractivity (Wildman–Crippen MR) is 138 cm³/mol. The van der Waals surface area contributed by atoms with Gasteiger partial charge < -0.3 is 9.94 Å². The molecular weight excluding hydrogens is 458 g/mol. The molecule has 0 amide bonds. The van der Waals surface area contributed by atoms with E-state index in [9.17, 15) is 15.2 Å². The monoisotopic (exact) mass is 485 g/mol. The highest BCUT2D eigenvalue weighted by Gasteiger charge is 2.51. The van der Waals surface area contributed by atoms with Crippen LogP contribution in [0.15, 0.2) is 82.9 Å². The molecule has 9 heteroatoms. The number of quaternary nitrogens is 1. The first-order valence-corrected chi connectivity index (χ1v) is 11.7. The smallest absolute Gasteiger partial charge is 0.376 e. The summed E-state index contributed by atoms with van der Waals surface area (Å²) < 4.78 is 5.39. The Morgan fingerprint density at radius 2 is 1.86 bits per heavy atom. The zero-order chi connectivity index (χ0) is 25.4. The van der Waals surface area contributed by atoms with Gasteiger partial charge in [-0.2, -0.15) is 5.23 Å². The molecule has 5 rings (SSSR count). The summed E-state index contributed by atoms with van der Waals surface area (Å²) in [6.45, 7) is 5.97. The average molecular weight is 486 g/mol. The SMILES string of the molecule is CCOC(=O)C1=NN(c2ccc([NH+]([O-])O)cc2)C2(C)CC(c3ccccc3)=Nc3cc(C)ccc3N12. The van der Waals surface area contributed by atoms with E-state index in [1.54, 1.807) is 24.1 Å². The largest absolute Gasteiger partial charge is 0.595 e. The Bertz CT molecular complexity index is 1350. The highest BCUT2D eigenvalue weighted by molar-refractivity contribution is 6.43. The van der Waals surface area contributed by atoms with Gasteiger partial charge in [-0.1, -0.05) is 36.4 Å². The zero-order valence-corrected chi connectivity index (χ0v) is 20.3. The lowest BCUT2D eigenvalue weighted by molar-refractivity contribution is -0.991. The molecule has 0 fully saturated rings. The van der Waals surface area contributed by atoms with Crippen LogP contribution >= 0.6 is 0 Å². The zero-order valence-electron chi connectivity index (χ0n) is 20.3. The number of benzene rings is 3. The number of carbonyl (C=O) groups is 1. The van der Waals surface area contributed by atoms with Crippen molar-refractivity contribution in [1.82, 2.24) is 0 Å². The standard InChI is InChI=1S/C27H27N5O4/c1-4-36-26(33)25-29-31(20-11-13-21(14-12-20)32(34)35)27(3)17-23(19-8-6-5-7-9-19)28-22-16-18(2)10-15-24(22)30(25)27/h5-16,32,34H,4,17H2,1-3H3. The lowest BCUT2D eigenvalue weighted by atomic mass is 9.96. The van der Waals surface area contributed by atoms with Crippen molar-refractivity contribution in [2.75, 3.05) is 16.5 Å². The molecule has 2 N–H and O–H groups in total. The summed E-state index contributed by atoms with van der Waals surface area (Å²) >= 11 is 0. The van der Waals surface area contributed by atoms with Gasteiger partial charge in [0.05, 0.1) is 29.4 Å². The molecule has 2 aliphatic heterocycles. The lowest BCUT2D eigenvalue weighted by Crippen LogP contribution is -2.99. The average Bonchev–Trinajstić information content (AvgIpc) is 3.10. The second-order valence-electron chi connectivity index (χ2n) is 8.95. The third kappa shape index (κ3) is 4.03. The normalized spacial score (nSPS) is 19.6. The molecule has 0 bridgehead atoms. The van der Waals surface area contributed by atoms with Crippen LogP contribution in [0.25, 0.3) is 0 Å². The van der Waals surface area contributed by atoms with Crippen LogP contribution in [0.1, 0.15) is 31.4 Å². The van der Waals surface area contributed by atoms with E-state index in [2.05, 4.69) is 0 Å². The summed E-state index contributed by atoms with van der Waals surface area (Å²) in [6.07, 6.45) is 0.428. The summed E-state index contributed by atoms with van der Waals surface area (Å²) in [6, 6.07) is 22.3. The minimum Gasteiger partial charge on any atom is -0.595 e. The van der Waals surface area contributed by atoms with Crippen LogP contribution in [0.2, 0.25) is 0 Å². The second kappa shape index (κ2) is 9.19. The molecule has 0 saturated carbocycles. The third-order valence-electron chi connectivity index (χ3n) is 6.40. The number of ether oxygens (including phenoxy) is 1. The molecule has 0 saturated heterocycles. The maximum Gasteiger partial charge on any atom is 0.376 e. The molecular formula is C27H27N5O4. The fraction of sp³-hybridized carbons (Fsp3) is 0.222. The molecule has 2 atom stereocenters. The van der Waals surface area contributed by atoms with Gasteiger partial charge in [-0.25, -0.2) is 15.0 Å². The molecule has 2 heterocycles. The van der Waals surface area contributed by atoms with Crippen LogP contribution < -0.4 is 15.1 Å². The van der Waals surface area contributed by atoms with Crippen molar-refractivity contribution in [3.8, 4) is 0 Å². The van der Waals surface area contributed by atoms with Gasteiger partial charge in [0.2, 0.25) is 5.84 Å². The highest BCUT2D eigenvalue weighted by atomic mass is 16.8. The van der Waals surface area contributed by atoms with Gasteiger partial charge in [0.15, 0.2) is 5.69 Å². The quantitative estimate of drug-likeness (QED) is 0.420. The summed E-state index contributed by atoms with van der Waals surface area (Å²) in [5.74, 6) is -0.389. The maximum absolute atomic E-state index is 13.2. The van der Waals surface area contributed by atoms with Gasteiger partial charge in [-0.15, -0.1) is 5.10 Å². The Hall–Kier alpha value is -4.05. The fourth-order valence-electron chi connectivity index (χ4n) is 4.72. The van der Waals surface area contributed by atoms with Gasteiger partial charge in [0, 0.05) is 18.6 Å². The molecule has 9 nitrogen and oxygen atoms in total. The van der Waals surface area contributed by atoms with E-state index in [-0.39, 0.29) is 18.1 Å². The minimum absolute atomic E-state index is 0.149. The Morgan fingerprint density at radius 1 is 1.14 bits per heavy atom. The molecule has 0 spiro atoms. The minimum atomic E-state index is -1.01. The Morgan fingerprint density at radius 3 is 2.53 bits per heavy atom. The molecule has 3 aromatic carbocycles. The van der Waals surface area contributed by atoms with Crippen molar-refractivity contribution in [3.63, 3.8) is 0 Å². The van der Waals surface area contributed by atoms with E-state index in [4.69, 9.17) is 14.8 Å². The molecule has 2 aliphatic rings. The Labute approximate surface area is 209 Å². The number of aryl methyl sites for hydroxylation is 1. The number of hydrazone groups is 1. The number of esters is 1. The number of anilines is 2. The predicted octanol–water partition coefficient (Wildman–Crippen LogP) is 3.84. The number of hydrogen-bond acceptors (Lipinski definition) is 8. The Balaban J connectivity index is 1.71. The molecule has 0 aliphatic carbocycles. The van der Waals surface area contributed by atoms with Crippen molar-refractivity contribution >= 4 is 40.3 Å². The van der Waals surface area contributed by atoms with Gasteiger partial charge in [0.1, 0.15) is 5.66 Å². The Kier molecular flexibility index (Phi) is 6.05. The van der Waals surface area contributed by atoms with E-state index < -0.39 is 16.9 Å². The molecule has 36 heavy (non-hydrogen) atoms. The van der Waals surface area contributed by atoms with Gasteiger partial charge in [0.25, 0.3) is 0 Å². The van der Waals surface area contributed by atoms with E-state index >= 15 is 0 Å². The van der Waals surface area contributed by atoms with Crippen molar-refractivity contribution in [2.45, 2.75) is 32.9 Å². The van der Waals surface area contributed by atoms with Crippen molar-refractivity contribution in [3.05, 3.63) is 89.1 Å². The lowest BCUT2D eigenvalue weighted by Gasteiger charge is -2.41. The van der Waals surface area contributed by atoms with E-state index in [1.165, 1.54) is 12.1 Å². The number of aliphatic imine (C=N–C) groups is 1. The number of amidine groups is 1. The molecule has 3 aromatic rings. The van der Waals surface area contributed by atoms with Gasteiger partial charge in [-0.05, 0) is 56.2 Å². The van der Waals surface area contributed by atoms with Gasteiger partial charge >= 0.3 is 5.97 Å². The van der Waals surface area contributed by atoms with Crippen molar-refractivity contribution in [1.29, 1.82) is 0 Å². The summed E-state index contributed by atoms with van der Waals surface area (Å²) in [7, 11) is 0. The summed E-state index contributed by atoms with van der Waals surface area (Å²) in [4.78, 5) is 20.1. The number of nitrogens with one attached hydrogen (secondary N) is 1.